The Labute approximate surface area is 141 Å². The molecular formula is C15H13F2N5O2S. The summed E-state index contributed by atoms with van der Waals surface area (Å²) in [6, 6.07) is 5.30. The number of rotatable bonds is 5. The number of nitriles is 1. The van der Waals surface area contributed by atoms with Crippen LogP contribution in [0.4, 0.5) is 14.5 Å². The number of aromatic amines is 1. The molecule has 2 aromatic heterocycles. The fourth-order valence-electron chi connectivity index (χ4n) is 2.52. The molecule has 3 rings (SSSR count). The van der Waals surface area contributed by atoms with Gasteiger partial charge in [0.2, 0.25) is 0 Å². The zero-order valence-corrected chi connectivity index (χ0v) is 13.8. The molecule has 0 atom stereocenters. The Morgan fingerprint density at radius 3 is 2.88 bits per heavy atom. The number of anilines is 1. The fourth-order valence-corrected chi connectivity index (χ4v) is 3.55. The van der Waals surface area contributed by atoms with Crippen molar-refractivity contribution in [2.75, 3.05) is 4.72 Å². The number of sulfonamides is 1. The van der Waals surface area contributed by atoms with E-state index in [2.05, 4.69) is 14.8 Å². The Hall–Kier alpha value is -2.93. The smallest absolute Gasteiger partial charge is 0.265 e. The van der Waals surface area contributed by atoms with Gasteiger partial charge in [-0.05, 0) is 18.6 Å². The highest BCUT2D eigenvalue weighted by Gasteiger charge is 2.20. The molecule has 1 aromatic carbocycles. The third kappa shape index (κ3) is 3.18. The minimum absolute atomic E-state index is 0.228. The predicted octanol–water partition coefficient (Wildman–Crippen LogP) is 2.61. The second-order valence-electron chi connectivity index (χ2n) is 5.39. The maximum atomic E-state index is 12.5. The molecule has 0 aliphatic heterocycles. The van der Waals surface area contributed by atoms with Crippen LogP contribution in [-0.2, 0) is 16.6 Å². The van der Waals surface area contributed by atoms with E-state index in [1.54, 1.807) is 12.1 Å². The van der Waals surface area contributed by atoms with E-state index in [1.165, 1.54) is 6.20 Å². The van der Waals surface area contributed by atoms with Crippen molar-refractivity contribution < 1.29 is 17.2 Å². The van der Waals surface area contributed by atoms with Crippen LogP contribution in [0.1, 0.15) is 11.1 Å². The average Bonchev–Trinajstić information content (AvgIpc) is 3.17. The molecule has 25 heavy (non-hydrogen) atoms. The van der Waals surface area contributed by atoms with Crippen LogP contribution in [0.25, 0.3) is 10.9 Å². The molecule has 130 valence electrons. The molecule has 0 amide bonds. The maximum absolute atomic E-state index is 12.5. The van der Waals surface area contributed by atoms with E-state index in [4.69, 9.17) is 5.26 Å². The van der Waals surface area contributed by atoms with E-state index >= 15 is 0 Å². The average molecular weight is 365 g/mol. The third-order valence-electron chi connectivity index (χ3n) is 3.65. The minimum atomic E-state index is -4.01. The lowest BCUT2D eigenvalue weighted by Gasteiger charge is -2.09. The molecule has 0 unspecified atom stereocenters. The van der Waals surface area contributed by atoms with Crippen molar-refractivity contribution in [3.05, 3.63) is 41.9 Å². The summed E-state index contributed by atoms with van der Waals surface area (Å²) in [6.07, 6.45) is 0.903. The van der Waals surface area contributed by atoms with Crippen LogP contribution in [0.2, 0.25) is 0 Å². The van der Waals surface area contributed by atoms with E-state index in [1.807, 2.05) is 13.0 Å². The molecule has 0 aliphatic carbocycles. The van der Waals surface area contributed by atoms with Crippen molar-refractivity contribution in [1.29, 1.82) is 5.26 Å². The van der Waals surface area contributed by atoms with Gasteiger partial charge in [-0.15, -0.1) is 0 Å². The molecule has 2 N–H and O–H groups in total. The Morgan fingerprint density at radius 2 is 2.20 bits per heavy atom. The van der Waals surface area contributed by atoms with Crippen LogP contribution >= 0.6 is 0 Å². The maximum Gasteiger partial charge on any atom is 0.265 e. The van der Waals surface area contributed by atoms with Crippen LogP contribution in [-0.4, -0.2) is 29.6 Å². The molecule has 0 aliphatic rings. The number of H-pyrrole nitrogens is 1. The molecule has 0 saturated carbocycles. The number of fused-ring (bicyclic) bond motifs is 1. The van der Waals surface area contributed by atoms with Gasteiger partial charge in [0.05, 0.1) is 23.0 Å². The standard InChI is InChI=1S/C15H13F2N5O2S/c1-9-2-3-12(15-14(9)10(4-18)5-19-15)21-25(23,24)11-6-20-22(7-11)8-13(16)17/h2-3,5-7,13,19,21H,8H2,1H3. The van der Waals surface area contributed by atoms with E-state index in [0.717, 1.165) is 22.6 Å². The van der Waals surface area contributed by atoms with Gasteiger partial charge < -0.3 is 4.98 Å². The first-order chi connectivity index (χ1) is 11.8. The highest BCUT2D eigenvalue weighted by molar-refractivity contribution is 7.92. The number of hydrogen-bond donors (Lipinski definition) is 2. The van der Waals surface area contributed by atoms with Crippen molar-refractivity contribution in [2.24, 2.45) is 0 Å². The van der Waals surface area contributed by atoms with Gasteiger partial charge in [-0.3, -0.25) is 9.40 Å². The highest BCUT2D eigenvalue weighted by atomic mass is 32.2. The van der Waals surface area contributed by atoms with Gasteiger partial charge in [-0.25, -0.2) is 17.2 Å². The lowest BCUT2D eigenvalue weighted by atomic mass is 10.1. The number of benzene rings is 1. The molecule has 0 spiro atoms. The number of nitrogens with zero attached hydrogens (tertiary/aromatic N) is 3. The summed E-state index contributed by atoms with van der Waals surface area (Å²) >= 11 is 0. The van der Waals surface area contributed by atoms with Gasteiger partial charge in [-0.2, -0.15) is 10.4 Å². The molecule has 10 heteroatoms. The second kappa shape index (κ2) is 6.18. The number of halogens is 2. The Balaban J connectivity index is 1.98. The molecular weight excluding hydrogens is 352 g/mol. The van der Waals surface area contributed by atoms with Gasteiger partial charge in [0, 0.05) is 17.8 Å². The van der Waals surface area contributed by atoms with E-state index in [9.17, 15) is 17.2 Å². The van der Waals surface area contributed by atoms with Gasteiger partial charge in [0.1, 0.15) is 17.5 Å². The molecule has 0 fully saturated rings. The van der Waals surface area contributed by atoms with Crippen molar-refractivity contribution in [3.8, 4) is 6.07 Å². The van der Waals surface area contributed by atoms with Crippen LogP contribution in [0, 0.1) is 18.3 Å². The number of aryl methyl sites for hydroxylation is 1. The van der Waals surface area contributed by atoms with Gasteiger partial charge >= 0.3 is 0 Å². The molecule has 2 heterocycles. The molecule has 0 bridgehead atoms. The summed E-state index contributed by atoms with van der Waals surface area (Å²) in [5, 5.41) is 13.4. The minimum Gasteiger partial charge on any atom is -0.358 e. The van der Waals surface area contributed by atoms with Crippen LogP contribution < -0.4 is 4.72 Å². The first kappa shape index (κ1) is 16.9. The zero-order valence-electron chi connectivity index (χ0n) is 13.0. The fraction of sp³-hybridized carbons (Fsp3) is 0.200. The van der Waals surface area contributed by atoms with Crippen molar-refractivity contribution >= 4 is 26.6 Å². The number of alkyl halides is 2. The lowest BCUT2D eigenvalue weighted by molar-refractivity contribution is 0.121. The molecule has 0 radical (unpaired) electrons. The van der Waals surface area contributed by atoms with Crippen LogP contribution in [0.3, 0.4) is 0 Å². The second-order valence-corrected chi connectivity index (χ2v) is 7.07. The van der Waals surface area contributed by atoms with Crippen molar-refractivity contribution in [3.63, 3.8) is 0 Å². The van der Waals surface area contributed by atoms with Crippen molar-refractivity contribution in [1.82, 2.24) is 14.8 Å². The quantitative estimate of drug-likeness (QED) is 0.725. The topological polar surface area (TPSA) is 104 Å². The summed E-state index contributed by atoms with van der Waals surface area (Å²) < 4.78 is 52.9. The van der Waals surface area contributed by atoms with Crippen LogP contribution in [0.15, 0.2) is 35.6 Å². The summed E-state index contributed by atoms with van der Waals surface area (Å²) in [7, 11) is -4.01. The zero-order chi connectivity index (χ0) is 18.2. The van der Waals surface area contributed by atoms with Crippen molar-refractivity contribution in [2.45, 2.75) is 24.8 Å². The van der Waals surface area contributed by atoms with Crippen LogP contribution in [0.5, 0.6) is 0 Å². The summed E-state index contributed by atoms with van der Waals surface area (Å²) in [4.78, 5) is 2.66. The third-order valence-corrected chi connectivity index (χ3v) is 4.97. The van der Waals surface area contributed by atoms with Gasteiger partial charge in [0.25, 0.3) is 16.4 Å². The van der Waals surface area contributed by atoms with E-state index in [-0.39, 0.29) is 10.6 Å². The highest BCUT2D eigenvalue weighted by Crippen LogP contribution is 2.29. The summed E-state index contributed by atoms with van der Waals surface area (Å²) in [5.41, 5.74) is 1.95. The first-order valence-corrected chi connectivity index (χ1v) is 8.64. The van der Waals surface area contributed by atoms with Gasteiger partial charge in [0.15, 0.2) is 0 Å². The molecule has 0 saturated heterocycles. The first-order valence-electron chi connectivity index (χ1n) is 7.16. The largest absolute Gasteiger partial charge is 0.358 e. The molecule has 7 nitrogen and oxygen atoms in total. The SMILES string of the molecule is Cc1ccc(NS(=O)(=O)c2cnn(CC(F)F)c2)c2[nH]cc(C#N)c12. The summed E-state index contributed by atoms with van der Waals surface area (Å²) in [6.45, 7) is 1.12. The Kier molecular flexibility index (Phi) is 4.18. The lowest BCUT2D eigenvalue weighted by Crippen LogP contribution is -2.13. The monoisotopic (exact) mass is 365 g/mol. The van der Waals surface area contributed by atoms with Gasteiger partial charge in [-0.1, -0.05) is 6.07 Å². The Bertz CT molecular complexity index is 1080. The number of hydrogen-bond acceptors (Lipinski definition) is 4. The molecule has 3 aromatic rings. The normalized spacial score (nSPS) is 11.8. The van der Waals surface area contributed by atoms with E-state index < -0.39 is 23.0 Å². The Morgan fingerprint density at radius 1 is 1.44 bits per heavy atom. The van der Waals surface area contributed by atoms with E-state index in [0.29, 0.717) is 16.5 Å². The number of nitrogens with one attached hydrogen (secondary N) is 2. The number of aromatic nitrogens is 3. The predicted molar refractivity (Wildman–Crippen MR) is 86.8 cm³/mol. The summed E-state index contributed by atoms with van der Waals surface area (Å²) in [5.74, 6) is 0.